The van der Waals surface area contributed by atoms with Crippen molar-refractivity contribution in [2.45, 2.75) is 11.3 Å². The number of ether oxygens (including phenoxy) is 1. The van der Waals surface area contributed by atoms with Crippen molar-refractivity contribution in [3.63, 3.8) is 0 Å². The van der Waals surface area contributed by atoms with E-state index in [0.717, 1.165) is 0 Å². The zero-order valence-corrected chi connectivity index (χ0v) is 14.4. The molecule has 0 saturated carbocycles. The van der Waals surface area contributed by atoms with E-state index in [1.54, 1.807) is 48.5 Å². The van der Waals surface area contributed by atoms with E-state index in [2.05, 4.69) is 15.5 Å². The molecule has 2 aromatic carbocycles. The molecule has 0 bridgehead atoms. The van der Waals surface area contributed by atoms with Gasteiger partial charge in [-0.25, -0.2) is 0 Å². The molecule has 26 heavy (non-hydrogen) atoms. The predicted molar refractivity (Wildman–Crippen MR) is 94.2 cm³/mol. The van der Waals surface area contributed by atoms with Gasteiger partial charge in [-0.05, 0) is 59.0 Å². The predicted octanol–water partition coefficient (Wildman–Crippen LogP) is 1.77. The highest BCUT2D eigenvalue weighted by Crippen LogP contribution is 2.21. The van der Waals surface area contributed by atoms with Crippen LogP contribution in [0.1, 0.15) is 5.56 Å². The molecule has 0 saturated heterocycles. The summed E-state index contributed by atoms with van der Waals surface area (Å²) >= 11 is 1.29. The number of tetrazole rings is 1. The second kappa shape index (κ2) is 8.33. The first kappa shape index (κ1) is 17.7. The standard InChI is InChI=1S/C17H15N5O3S/c18-9-12-1-7-16(8-2-12)25-10-15(24)11-26-17-19-20-21-22(17)13-3-5-14(23)6-4-13/h1-8,15,23-24H,10-11H2. The fraction of sp³-hybridized carbons (Fsp3) is 0.176. The van der Waals surface area contributed by atoms with Gasteiger partial charge in [0, 0.05) is 5.75 Å². The average Bonchev–Trinajstić information content (AvgIpc) is 3.14. The molecule has 9 heteroatoms. The molecule has 1 atom stereocenters. The van der Waals surface area contributed by atoms with Crippen molar-refractivity contribution < 1.29 is 14.9 Å². The van der Waals surface area contributed by atoms with Crippen LogP contribution in [0, 0.1) is 11.3 Å². The molecule has 2 N–H and O–H groups in total. The Labute approximate surface area is 153 Å². The Morgan fingerprint density at radius 3 is 2.58 bits per heavy atom. The van der Waals surface area contributed by atoms with Gasteiger partial charge in [-0.1, -0.05) is 11.8 Å². The maximum Gasteiger partial charge on any atom is 0.214 e. The molecule has 1 heterocycles. The molecule has 0 amide bonds. The van der Waals surface area contributed by atoms with Gasteiger partial charge in [0.25, 0.3) is 0 Å². The molecule has 0 aliphatic carbocycles. The number of benzene rings is 2. The molecule has 8 nitrogen and oxygen atoms in total. The van der Waals surface area contributed by atoms with Gasteiger partial charge in [0.05, 0.1) is 23.4 Å². The minimum Gasteiger partial charge on any atom is -0.508 e. The first-order valence-corrected chi connectivity index (χ1v) is 8.66. The number of rotatable bonds is 7. The molecule has 0 aliphatic rings. The summed E-state index contributed by atoms with van der Waals surface area (Å²) in [7, 11) is 0. The smallest absolute Gasteiger partial charge is 0.214 e. The first-order chi connectivity index (χ1) is 12.7. The Bertz CT molecular complexity index is 890. The summed E-state index contributed by atoms with van der Waals surface area (Å²) in [5, 5.41) is 40.2. The lowest BCUT2D eigenvalue weighted by molar-refractivity contribution is 0.126. The van der Waals surface area contributed by atoms with Crippen molar-refractivity contribution in [3.05, 3.63) is 54.1 Å². The molecule has 3 rings (SSSR count). The van der Waals surface area contributed by atoms with Crippen LogP contribution < -0.4 is 4.74 Å². The summed E-state index contributed by atoms with van der Waals surface area (Å²) in [6.45, 7) is 0.111. The monoisotopic (exact) mass is 369 g/mol. The number of phenolic OH excluding ortho intramolecular Hbond substituents is 1. The van der Waals surface area contributed by atoms with E-state index >= 15 is 0 Å². The zero-order chi connectivity index (χ0) is 18.4. The minimum atomic E-state index is -0.722. The molecular weight excluding hydrogens is 354 g/mol. The van der Waals surface area contributed by atoms with Crippen LogP contribution in [-0.2, 0) is 0 Å². The summed E-state index contributed by atoms with van der Waals surface area (Å²) < 4.78 is 7.03. The lowest BCUT2D eigenvalue weighted by Crippen LogP contribution is -2.20. The Morgan fingerprint density at radius 1 is 1.15 bits per heavy atom. The van der Waals surface area contributed by atoms with Crippen LogP contribution in [0.2, 0.25) is 0 Å². The summed E-state index contributed by atoms with van der Waals surface area (Å²) in [5.74, 6) is 1.09. The first-order valence-electron chi connectivity index (χ1n) is 7.67. The molecule has 0 aliphatic heterocycles. The minimum absolute atomic E-state index is 0.111. The third-order valence-corrected chi connectivity index (χ3v) is 4.43. The molecule has 1 unspecified atom stereocenters. The third-order valence-electron chi connectivity index (χ3n) is 3.37. The Kier molecular flexibility index (Phi) is 5.68. The van der Waals surface area contributed by atoms with E-state index in [1.807, 2.05) is 6.07 Å². The van der Waals surface area contributed by atoms with Crippen molar-refractivity contribution >= 4 is 11.8 Å². The van der Waals surface area contributed by atoms with Gasteiger partial charge in [0.15, 0.2) is 0 Å². The average molecular weight is 369 g/mol. The SMILES string of the molecule is N#Cc1ccc(OCC(O)CSc2nnnn2-c2ccc(O)cc2)cc1. The highest BCUT2D eigenvalue weighted by Gasteiger charge is 2.13. The fourth-order valence-corrected chi connectivity index (χ4v) is 2.86. The molecular formula is C17H15N5O3S. The second-order valence-corrected chi connectivity index (χ2v) is 6.29. The van der Waals surface area contributed by atoms with Crippen molar-refractivity contribution in [2.24, 2.45) is 0 Å². The maximum atomic E-state index is 10.1. The van der Waals surface area contributed by atoms with Gasteiger partial charge in [0.1, 0.15) is 18.1 Å². The summed E-state index contributed by atoms with van der Waals surface area (Å²) in [6.07, 6.45) is -0.722. The van der Waals surface area contributed by atoms with Crippen LogP contribution >= 0.6 is 11.8 Å². The van der Waals surface area contributed by atoms with Crippen molar-refractivity contribution in [1.82, 2.24) is 20.2 Å². The number of aliphatic hydroxyl groups is 1. The number of nitrogens with zero attached hydrogens (tertiary/aromatic N) is 5. The summed E-state index contributed by atoms with van der Waals surface area (Å²) in [6, 6.07) is 15.2. The van der Waals surface area contributed by atoms with Gasteiger partial charge in [0.2, 0.25) is 5.16 Å². The number of hydrogen-bond donors (Lipinski definition) is 2. The van der Waals surface area contributed by atoms with E-state index in [0.29, 0.717) is 27.9 Å². The van der Waals surface area contributed by atoms with Crippen LogP contribution in [0.4, 0.5) is 0 Å². The topological polar surface area (TPSA) is 117 Å². The highest BCUT2D eigenvalue weighted by molar-refractivity contribution is 7.99. The van der Waals surface area contributed by atoms with Crippen molar-refractivity contribution in [1.29, 1.82) is 5.26 Å². The second-order valence-electron chi connectivity index (χ2n) is 5.30. The van der Waals surface area contributed by atoms with Gasteiger partial charge in [-0.2, -0.15) is 9.94 Å². The normalized spacial score (nSPS) is 11.7. The van der Waals surface area contributed by atoms with Gasteiger partial charge in [-0.3, -0.25) is 0 Å². The number of aliphatic hydroxyl groups excluding tert-OH is 1. The summed E-state index contributed by atoms with van der Waals surface area (Å²) in [5.41, 5.74) is 1.26. The number of aromatic nitrogens is 4. The number of thioether (sulfide) groups is 1. The van der Waals surface area contributed by atoms with Crippen LogP contribution in [0.3, 0.4) is 0 Å². The van der Waals surface area contributed by atoms with Crippen LogP contribution in [-0.4, -0.2) is 48.9 Å². The van der Waals surface area contributed by atoms with Crippen molar-refractivity contribution in [2.75, 3.05) is 12.4 Å². The largest absolute Gasteiger partial charge is 0.508 e. The highest BCUT2D eigenvalue weighted by atomic mass is 32.2. The quantitative estimate of drug-likeness (QED) is 0.605. The molecule has 0 spiro atoms. The number of hydrogen-bond acceptors (Lipinski definition) is 8. The number of phenols is 1. The van der Waals surface area contributed by atoms with Crippen LogP contribution in [0.5, 0.6) is 11.5 Å². The van der Waals surface area contributed by atoms with Crippen LogP contribution in [0.15, 0.2) is 53.7 Å². The van der Waals surface area contributed by atoms with E-state index in [1.165, 1.54) is 16.4 Å². The fourth-order valence-electron chi connectivity index (χ4n) is 2.06. The van der Waals surface area contributed by atoms with Crippen molar-refractivity contribution in [3.8, 4) is 23.3 Å². The third kappa shape index (κ3) is 4.50. The van der Waals surface area contributed by atoms with E-state index in [-0.39, 0.29) is 12.4 Å². The molecule has 3 aromatic rings. The van der Waals surface area contributed by atoms with E-state index < -0.39 is 6.10 Å². The zero-order valence-electron chi connectivity index (χ0n) is 13.6. The molecule has 0 radical (unpaired) electrons. The van der Waals surface area contributed by atoms with E-state index in [4.69, 9.17) is 10.00 Å². The number of nitriles is 1. The maximum absolute atomic E-state index is 10.1. The lowest BCUT2D eigenvalue weighted by Gasteiger charge is -2.12. The molecule has 132 valence electrons. The number of aromatic hydroxyl groups is 1. The molecule has 0 fully saturated rings. The lowest BCUT2D eigenvalue weighted by atomic mass is 10.2. The molecule has 1 aromatic heterocycles. The van der Waals surface area contributed by atoms with Gasteiger partial charge >= 0.3 is 0 Å². The van der Waals surface area contributed by atoms with Gasteiger partial charge in [-0.15, -0.1) is 5.10 Å². The Hall–Kier alpha value is -3.09. The summed E-state index contributed by atoms with van der Waals surface area (Å²) in [4.78, 5) is 0. The van der Waals surface area contributed by atoms with E-state index in [9.17, 15) is 10.2 Å². The Morgan fingerprint density at radius 2 is 1.88 bits per heavy atom. The van der Waals surface area contributed by atoms with Crippen LogP contribution in [0.25, 0.3) is 5.69 Å². The Balaban J connectivity index is 1.53. The van der Waals surface area contributed by atoms with Gasteiger partial charge < -0.3 is 14.9 Å².